The SMILES string of the molecule is CCOC(=O)C(/C=C/c1ccc(OC)cc1)CC. The molecule has 0 saturated heterocycles. The molecule has 0 saturated carbocycles. The topological polar surface area (TPSA) is 35.5 Å². The molecule has 1 aromatic rings. The lowest BCUT2D eigenvalue weighted by atomic mass is 10.0. The Morgan fingerprint density at radius 3 is 2.44 bits per heavy atom. The minimum Gasteiger partial charge on any atom is -0.497 e. The van der Waals surface area contributed by atoms with Gasteiger partial charge in [0.1, 0.15) is 5.75 Å². The molecular weight excluding hydrogens is 228 g/mol. The zero-order valence-electron chi connectivity index (χ0n) is 11.2. The van der Waals surface area contributed by atoms with E-state index in [1.54, 1.807) is 7.11 Å². The molecule has 1 aromatic carbocycles. The highest BCUT2D eigenvalue weighted by molar-refractivity contribution is 5.75. The minimum atomic E-state index is -0.174. The van der Waals surface area contributed by atoms with Crippen molar-refractivity contribution in [2.75, 3.05) is 13.7 Å². The number of esters is 1. The molecule has 0 aromatic heterocycles. The Balaban J connectivity index is 2.67. The van der Waals surface area contributed by atoms with Crippen molar-refractivity contribution in [2.24, 2.45) is 5.92 Å². The molecule has 0 N–H and O–H groups in total. The quantitative estimate of drug-likeness (QED) is 0.725. The van der Waals surface area contributed by atoms with Gasteiger partial charge in [-0.3, -0.25) is 4.79 Å². The standard InChI is InChI=1S/C15H20O3/c1-4-13(15(16)18-5-2)9-6-12-7-10-14(17-3)11-8-12/h6-11,13H,4-5H2,1-3H3/b9-6+. The smallest absolute Gasteiger partial charge is 0.312 e. The summed E-state index contributed by atoms with van der Waals surface area (Å²) in [5, 5.41) is 0. The molecule has 98 valence electrons. The van der Waals surface area contributed by atoms with Gasteiger partial charge in [0, 0.05) is 0 Å². The first-order valence-electron chi connectivity index (χ1n) is 6.20. The molecule has 0 fully saturated rings. The molecule has 1 unspecified atom stereocenters. The van der Waals surface area contributed by atoms with Gasteiger partial charge in [-0.15, -0.1) is 0 Å². The summed E-state index contributed by atoms with van der Waals surface area (Å²) in [7, 11) is 1.64. The highest BCUT2D eigenvalue weighted by atomic mass is 16.5. The molecule has 0 amide bonds. The van der Waals surface area contributed by atoms with E-state index >= 15 is 0 Å². The van der Waals surface area contributed by atoms with Crippen LogP contribution >= 0.6 is 0 Å². The number of carbonyl (C=O) groups excluding carboxylic acids is 1. The van der Waals surface area contributed by atoms with Crippen molar-refractivity contribution in [3.63, 3.8) is 0 Å². The van der Waals surface area contributed by atoms with Crippen LogP contribution in [-0.2, 0) is 9.53 Å². The lowest BCUT2D eigenvalue weighted by molar-refractivity contribution is -0.146. The second-order valence-corrected chi connectivity index (χ2v) is 3.90. The molecule has 0 bridgehead atoms. The zero-order valence-corrected chi connectivity index (χ0v) is 11.2. The monoisotopic (exact) mass is 248 g/mol. The maximum Gasteiger partial charge on any atom is 0.312 e. The normalized spacial score (nSPS) is 12.4. The summed E-state index contributed by atoms with van der Waals surface area (Å²) < 4.78 is 10.1. The molecule has 0 aliphatic heterocycles. The third kappa shape index (κ3) is 4.24. The molecule has 1 rings (SSSR count). The van der Waals surface area contributed by atoms with Gasteiger partial charge < -0.3 is 9.47 Å². The molecule has 0 spiro atoms. The van der Waals surface area contributed by atoms with Crippen molar-refractivity contribution >= 4 is 12.0 Å². The molecule has 0 heterocycles. The van der Waals surface area contributed by atoms with Crippen molar-refractivity contribution < 1.29 is 14.3 Å². The van der Waals surface area contributed by atoms with E-state index in [9.17, 15) is 4.79 Å². The van der Waals surface area contributed by atoms with Crippen LogP contribution in [0.15, 0.2) is 30.3 Å². The molecule has 0 radical (unpaired) electrons. The molecule has 0 aliphatic rings. The summed E-state index contributed by atoms with van der Waals surface area (Å²) in [4.78, 5) is 11.6. The van der Waals surface area contributed by atoms with Crippen molar-refractivity contribution in [3.8, 4) is 5.75 Å². The van der Waals surface area contributed by atoms with Crippen LogP contribution in [0, 0.1) is 5.92 Å². The fourth-order valence-electron chi connectivity index (χ4n) is 1.57. The summed E-state index contributed by atoms with van der Waals surface area (Å²) in [6.07, 6.45) is 4.57. The van der Waals surface area contributed by atoms with Crippen LogP contribution in [0.3, 0.4) is 0 Å². The second-order valence-electron chi connectivity index (χ2n) is 3.90. The maximum absolute atomic E-state index is 11.6. The molecule has 3 nitrogen and oxygen atoms in total. The Bertz CT molecular complexity index is 393. The molecular formula is C15H20O3. The van der Waals surface area contributed by atoms with Gasteiger partial charge in [-0.25, -0.2) is 0 Å². The van der Waals surface area contributed by atoms with E-state index in [4.69, 9.17) is 9.47 Å². The number of hydrogen-bond donors (Lipinski definition) is 0. The van der Waals surface area contributed by atoms with E-state index in [2.05, 4.69) is 0 Å². The van der Waals surface area contributed by atoms with Gasteiger partial charge in [-0.05, 0) is 31.0 Å². The van der Waals surface area contributed by atoms with Gasteiger partial charge >= 0.3 is 5.97 Å². The average Bonchev–Trinajstić information content (AvgIpc) is 2.40. The van der Waals surface area contributed by atoms with E-state index < -0.39 is 0 Å². The van der Waals surface area contributed by atoms with Gasteiger partial charge in [-0.2, -0.15) is 0 Å². The Labute approximate surface area is 108 Å². The van der Waals surface area contributed by atoms with E-state index in [1.807, 2.05) is 50.3 Å². The highest BCUT2D eigenvalue weighted by Gasteiger charge is 2.13. The average molecular weight is 248 g/mol. The summed E-state index contributed by atoms with van der Waals surface area (Å²) in [5.74, 6) is 0.487. The lowest BCUT2D eigenvalue weighted by Gasteiger charge is -2.08. The van der Waals surface area contributed by atoms with Crippen molar-refractivity contribution in [1.29, 1.82) is 0 Å². The Morgan fingerprint density at radius 1 is 1.28 bits per heavy atom. The van der Waals surface area contributed by atoms with Gasteiger partial charge in [0.05, 0.1) is 19.6 Å². The Kier molecular flexibility index (Phi) is 5.98. The van der Waals surface area contributed by atoms with E-state index in [1.165, 1.54) is 0 Å². The number of benzene rings is 1. The number of ether oxygens (including phenoxy) is 2. The van der Waals surface area contributed by atoms with E-state index in [0.717, 1.165) is 17.7 Å². The predicted molar refractivity (Wildman–Crippen MR) is 72.4 cm³/mol. The third-order valence-electron chi connectivity index (χ3n) is 2.67. The van der Waals surface area contributed by atoms with Crippen LogP contribution in [0.25, 0.3) is 6.08 Å². The third-order valence-corrected chi connectivity index (χ3v) is 2.67. The summed E-state index contributed by atoms with van der Waals surface area (Å²) in [5.41, 5.74) is 1.04. The number of rotatable bonds is 6. The fourth-order valence-corrected chi connectivity index (χ4v) is 1.57. The fraction of sp³-hybridized carbons (Fsp3) is 0.400. The molecule has 3 heteroatoms. The van der Waals surface area contributed by atoms with Gasteiger partial charge in [0.25, 0.3) is 0 Å². The predicted octanol–water partition coefficient (Wildman–Crippen LogP) is 3.30. The molecule has 18 heavy (non-hydrogen) atoms. The Hall–Kier alpha value is -1.77. The van der Waals surface area contributed by atoms with E-state index in [0.29, 0.717) is 6.61 Å². The minimum absolute atomic E-state index is 0.162. The van der Waals surface area contributed by atoms with Crippen molar-refractivity contribution in [2.45, 2.75) is 20.3 Å². The van der Waals surface area contributed by atoms with Crippen molar-refractivity contribution in [3.05, 3.63) is 35.9 Å². The molecule has 0 aliphatic carbocycles. The summed E-state index contributed by atoms with van der Waals surface area (Å²) in [6.45, 7) is 4.21. The van der Waals surface area contributed by atoms with Crippen LogP contribution in [0.4, 0.5) is 0 Å². The van der Waals surface area contributed by atoms with Gasteiger partial charge in [-0.1, -0.05) is 31.2 Å². The highest BCUT2D eigenvalue weighted by Crippen LogP contribution is 2.15. The van der Waals surface area contributed by atoms with Crippen LogP contribution in [-0.4, -0.2) is 19.7 Å². The van der Waals surface area contributed by atoms with Crippen LogP contribution in [0.5, 0.6) is 5.75 Å². The summed E-state index contributed by atoms with van der Waals surface area (Å²) in [6, 6.07) is 7.69. The number of hydrogen-bond acceptors (Lipinski definition) is 3. The van der Waals surface area contributed by atoms with E-state index in [-0.39, 0.29) is 11.9 Å². The largest absolute Gasteiger partial charge is 0.497 e. The van der Waals surface area contributed by atoms with Gasteiger partial charge in [0.15, 0.2) is 0 Å². The molecule has 1 atom stereocenters. The van der Waals surface area contributed by atoms with Gasteiger partial charge in [0.2, 0.25) is 0 Å². The van der Waals surface area contributed by atoms with Crippen LogP contribution < -0.4 is 4.74 Å². The van der Waals surface area contributed by atoms with Crippen molar-refractivity contribution in [1.82, 2.24) is 0 Å². The first kappa shape index (κ1) is 14.3. The second kappa shape index (κ2) is 7.54. The summed E-state index contributed by atoms with van der Waals surface area (Å²) >= 11 is 0. The Morgan fingerprint density at radius 2 is 1.94 bits per heavy atom. The first-order valence-corrected chi connectivity index (χ1v) is 6.20. The number of methoxy groups -OCH3 is 1. The zero-order chi connectivity index (χ0) is 13.4. The number of carbonyl (C=O) groups is 1. The van der Waals surface area contributed by atoms with Crippen LogP contribution in [0.2, 0.25) is 0 Å². The van der Waals surface area contributed by atoms with Crippen LogP contribution in [0.1, 0.15) is 25.8 Å². The maximum atomic E-state index is 11.6. The first-order chi connectivity index (χ1) is 8.71. The lowest BCUT2D eigenvalue weighted by Crippen LogP contribution is -2.14.